The molecule has 15 heteroatoms. The van der Waals surface area contributed by atoms with Crippen molar-refractivity contribution in [1.29, 1.82) is 0 Å². The number of benzene rings is 2. The summed E-state index contributed by atoms with van der Waals surface area (Å²) in [4.78, 5) is 52.5. The van der Waals surface area contributed by atoms with Gasteiger partial charge in [-0.1, -0.05) is 12.1 Å². The number of nitrogens with one attached hydrogen (secondary N) is 1. The van der Waals surface area contributed by atoms with Gasteiger partial charge in [0.2, 0.25) is 5.91 Å². The molecule has 1 atom stereocenters. The third-order valence-electron chi connectivity index (χ3n) is 3.71. The molecule has 2 rings (SSSR count). The van der Waals surface area contributed by atoms with Gasteiger partial charge in [0.25, 0.3) is 0 Å². The largest absolute Gasteiger partial charge is 0.368 e. The molecule has 3 N–H and O–H groups in total. The molecule has 0 aliphatic rings. The number of nitro groups is 4. The second kappa shape index (κ2) is 7.91. The first-order valence-corrected chi connectivity index (χ1v) is 7.45. The number of anilines is 1. The molecule has 0 spiro atoms. The Bertz CT molecular complexity index is 1050. The highest BCUT2D eigenvalue weighted by Gasteiger charge is 2.36. The Hall–Kier alpha value is -4.69. The van der Waals surface area contributed by atoms with Crippen LogP contribution in [0.15, 0.2) is 36.4 Å². The van der Waals surface area contributed by atoms with Gasteiger partial charge in [-0.05, 0) is 12.1 Å². The lowest BCUT2D eigenvalue weighted by Crippen LogP contribution is -2.29. The highest BCUT2D eigenvalue weighted by molar-refractivity contribution is 5.88. The van der Waals surface area contributed by atoms with Gasteiger partial charge in [0, 0.05) is 12.1 Å². The molecule has 1 amide bonds. The van der Waals surface area contributed by atoms with Crippen LogP contribution in [0.5, 0.6) is 0 Å². The molecule has 0 aromatic heterocycles. The van der Waals surface area contributed by atoms with Crippen molar-refractivity contribution in [1.82, 2.24) is 0 Å². The lowest BCUT2D eigenvalue weighted by atomic mass is 10.0. The molecule has 2 aromatic carbocycles. The van der Waals surface area contributed by atoms with Crippen LogP contribution in [-0.2, 0) is 4.79 Å². The van der Waals surface area contributed by atoms with Gasteiger partial charge < -0.3 is 11.1 Å². The number of hydrogen-bond acceptors (Lipinski definition) is 10. The minimum absolute atomic E-state index is 0.534. The first-order chi connectivity index (χ1) is 13.6. The number of carbonyl (C=O) groups excluding carboxylic acids is 1. The third kappa shape index (κ3) is 4.02. The maximum atomic E-state index is 11.9. The molecule has 150 valence electrons. The van der Waals surface area contributed by atoms with E-state index in [-0.39, 0.29) is 0 Å². The number of amides is 1. The Labute approximate surface area is 159 Å². The van der Waals surface area contributed by atoms with Gasteiger partial charge in [-0.3, -0.25) is 45.3 Å². The number of nitrogens with zero attached hydrogens (tertiary/aromatic N) is 4. The van der Waals surface area contributed by atoms with Crippen LogP contribution in [0.3, 0.4) is 0 Å². The Morgan fingerprint density at radius 3 is 1.72 bits per heavy atom. The van der Waals surface area contributed by atoms with Gasteiger partial charge in [0.05, 0.1) is 25.3 Å². The smallest absolute Gasteiger partial charge is 0.368 e. The molecular weight excluding hydrogens is 396 g/mol. The van der Waals surface area contributed by atoms with E-state index in [0.717, 1.165) is 36.4 Å². The molecule has 15 nitrogen and oxygen atoms in total. The van der Waals surface area contributed by atoms with Gasteiger partial charge in [0.1, 0.15) is 11.7 Å². The van der Waals surface area contributed by atoms with Crippen LogP contribution in [-0.4, -0.2) is 25.6 Å². The van der Waals surface area contributed by atoms with E-state index in [0.29, 0.717) is 0 Å². The number of nitro benzene ring substituents is 4. The van der Waals surface area contributed by atoms with Crippen molar-refractivity contribution in [3.8, 4) is 0 Å². The summed E-state index contributed by atoms with van der Waals surface area (Å²) in [5, 5.41) is 47.1. The maximum absolute atomic E-state index is 11.9. The van der Waals surface area contributed by atoms with E-state index >= 15 is 0 Å². The summed E-state index contributed by atoms with van der Waals surface area (Å²) in [5.41, 5.74) is 0.248. The monoisotopic (exact) mass is 406 g/mol. The van der Waals surface area contributed by atoms with E-state index in [2.05, 4.69) is 5.32 Å². The van der Waals surface area contributed by atoms with Crippen LogP contribution >= 0.6 is 0 Å². The Morgan fingerprint density at radius 2 is 1.28 bits per heavy atom. The van der Waals surface area contributed by atoms with E-state index in [1.807, 2.05) is 0 Å². The molecule has 0 aliphatic heterocycles. The number of nitrogens with two attached hydrogens (primary N) is 1. The minimum Gasteiger partial charge on any atom is -0.368 e. The summed E-state index contributed by atoms with van der Waals surface area (Å²) in [7, 11) is 0. The van der Waals surface area contributed by atoms with Crippen LogP contribution in [0, 0.1) is 40.5 Å². The zero-order chi connectivity index (χ0) is 21.9. The van der Waals surface area contributed by atoms with Gasteiger partial charge in [-0.15, -0.1) is 0 Å². The van der Waals surface area contributed by atoms with Crippen molar-refractivity contribution >= 4 is 34.3 Å². The number of carbonyl (C=O) groups is 1. The molecule has 2 aromatic rings. The predicted octanol–water partition coefficient (Wildman–Crippen LogP) is 1.96. The van der Waals surface area contributed by atoms with Crippen molar-refractivity contribution in [2.24, 2.45) is 5.73 Å². The summed E-state index contributed by atoms with van der Waals surface area (Å²) in [6.45, 7) is 0. The van der Waals surface area contributed by atoms with Crippen molar-refractivity contribution in [3.05, 3.63) is 82.4 Å². The summed E-state index contributed by atoms with van der Waals surface area (Å²) >= 11 is 0. The maximum Gasteiger partial charge on any atom is 0.368 e. The molecule has 29 heavy (non-hydrogen) atoms. The summed E-state index contributed by atoms with van der Waals surface area (Å²) in [6, 6.07) is 3.98. The van der Waals surface area contributed by atoms with E-state index < -0.39 is 65.6 Å². The van der Waals surface area contributed by atoms with Crippen molar-refractivity contribution < 1.29 is 24.5 Å². The van der Waals surface area contributed by atoms with Crippen molar-refractivity contribution in [2.45, 2.75) is 6.04 Å². The molecule has 0 saturated carbocycles. The molecule has 0 aliphatic carbocycles. The third-order valence-corrected chi connectivity index (χ3v) is 3.71. The van der Waals surface area contributed by atoms with E-state index in [9.17, 15) is 45.3 Å². The number of rotatable bonds is 8. The second-order valence-electron chi connectivity index (χ2n) is 5.40. The molecule has 0 saturated heterocycles. The van der Waals surface area contributed by atoms with Gasteiger partial charge in [-0.2, -0.15) is 0 Å². The molecule has 0 fully saturated rings. The molecule has 0 radical (unpaired) electrons. The zero-order valence-corrected chi connectivity index (χ0v) is 14.1. The van der Waals surface area contributed by atoms with E-state index in [1.54, 1.807) is 0 Å². The Balaban J connectivity index is 2.70. The van der Waals surface area contributed by atoms with Crippen LogP contribution < -0.4 is 11.1 Å². The molecule has 1 unspecified atom stereocenters. The number of hydrogen-bond donors (Lipinski definition) is 2. The quantitative estimate of drug-likeness (QED) is 0.478. The van der Waals surface area contributed by atoms with Crippen molar-refractivity contribution in [2.75, 3.05) is 5.32 Å². The lowest BCUT2D eigenvalue weighted by Gasteiger charge is -2.17. The lowest BCUT2D eigenvalue weighted by molar-refractivity contribution is -0.423. The number of primary amides is 1. The minimum atomic E-state index is -1.84. The molecule has 0 bridgehead atoms. The number of para-hydroxylation sites is 2. The van der Waals surface area contributed by atoms with Crippen LogP contribution in [0.1, 0.15) is 11.6 Å². The van der Waals surface area contributed by atoms with Gasteiger partial charge >= 0.3 is 22.7 Å². The highest BCUT2D eigenvalue weighted by atomic mass is 16.6. The fourth-order valence-corrected chi connectivity index (χ4v) is 2.57. The predicted molar refractivity (Wildman–Crippen MR) is 95.1 cm³/mol. The zero-order valence-electron chi connectivity index (χ0n) is 14.1. The van der Waals surface area contributed by atoms with Crippen molar-refractivity contribution in [3.63, 3.8) is 0 Å². The van der Waals surface area contributed by atoms with Crippen LogP contribution in [0.2, 0.25) is 0 Å². The average molecular weight is 406 g/mol. The fraction of sp³-hybridized carbons (Fsp3) is 0.0714. The Morgan fingerprint density at radius 1 is 0.793 bits per heavy atom. The van der Waals surface area contributed by atoms with Gasteiger partial charge in [0.15, 0.2) is 0 Å². The Kier molecular flexibility index (Phi) is 5.62. The van der Waals surface area contributed by atoms with E-state index in [4.69, 9.17) is 5.73 Å². The SMILES string of the molecule is NC(=O)C(Nc1cccc([N+](=O)[O-])c1[N+](=O)[O-])c1cccc([N+](=O)[O-])c1[N+](=O)[O-]. The second-order valence-corrected chi connectivity index (χ2v) is 5.40. The topological polar surface area (TPSA) is 228 Å². The fourth-order valence-electron chi connectivity index (χ4n) is 2.57. The summed E-state index contributed by atoms with van der Waals surface area (Å²) in [5.74, 6) is -1.27. The highest BCUT2D eigenvalue weighted by Crippen LogP contribution is 2.39. The van der Waals surface area contributed by atoms with Gasteiger partial charge in [-0.25, -0.2) is 0 Å². The van der Waals surface area contributed by atoms with E-state index in [1.165, 1.54) is 0 Å². The first-order valence-electron chi connectivity index (χ1n) is 7.45. The first kappa shape index (κ1) is 20.6. The summed E-state index contributed by atoms with van der Waals surface area (Å²) in [6.07, 6.45) is 0. The van der Waals surface area contributed by atoms with Crippen LogP contribution in [0.4, 0.5) is 28.4 Å². The molecular formula is C14H10N6O9. The standard InChI is InChI=1S/C14H10N6O9/c15-14(21)11(7-3-1-5-9(17(22)23)12(7)19(26)27)16-8-4-2-6-10(18(24)25)13(8)20(28)29/h1-6,11,16H,(H2,15,21). The summed E-state index contributed by atoms with van der Waals surface area (Å²) < 4.78 is 0. The van der Waals surface area contributed by atoms with Crippen LogP contribution in [0.25, 0.3) is 0 Å². The molecule has 0 heterocycles. The average Bonchev–Trinajstić information content (AvgIpc) is 2.64. The normalized spacial score (nSPS) is 11.3.